The molecule has 0 unspecified atom stereocenters. The average Bonchev–Trinajstić information content (AvgIpc) is 3.39. The number of nitrogens with one attached hydrogen (secondary N) is 1. The Morgan fingerprint density at radius 1 is 1.14 bits per heavy atom. The summed E-state index contributed by atoms with van der Waals surface area (Å²) < 4.78 is 7.29. The molecule has 9 heteroatoms. The minimum absolute atomic E-state index is 0.205. The van der Waals surface area contributed by atoms with Crippen LogP contribution in [-0.2, 0) is 13.6 Å². The van der Waals surface area contributed by atoms with Crippen molar-refractivity contribution in [3.63, 3.8) is 0 Å². The van der Waals surface area contributed by atoms with Crippen molar-refractivity contribution < 1.29 is 9.53 Å². The minimum Gasteiger partial charge on any atom is -0.431 e. The number of hydrogen-bond acceptors (Lipinski definition) is 7. The van der Waals surface area contributed by atoms with E-state index in [1.807, 2.05) is 18.6 Å². The zero-order valence-electron chi connectivity index (χ0n) is 14.9. The Labute approximate surface area is 164 Å². The van der Waals surface area contributed by atoms with Gasteiger partial charge in [0.25, 0.3) is 11.1 Å². The van der Waals surface area contributed by atoms with Crippen molar-refractivity contribution in [3.8, 4) is 22.2 Å². The fraction of sp³-hybridized carbons (Fsp3) is 0.105. The molecule has 0 saturated heterocycles. The number of aromatic nitrogens is 5. The monoisotopic (exact) mass is 392 g/mol. The molecule has 0 bridgehead atoms. The summed E-state index contributed by atoms with van der Waals surface area (Å²) in [5.41, 5.74) is 2.75. The van der Waals surface area contributed by atoms with Crippen LogP contribution < -0.4 is 10.1 Å². The predicted molar refractivity (Wildman–Crippen MR) is 104 cm³/mol. The van der Waals surface area contributed by atoms with Crippen LogP contribution in [0.4, 0.5) is 0 Å². The quantitative estimate of drug-likeness (QED) is 0.542. The van der Waals surface area contributed by atoms with Gasteiger partial charge in [-0.15, -0.1) is 0 Å². The van der Waals surface area contributed by atoms with Crippen LogP contribution in [0.5, 0.6) is 10.9 Å². The van der Waals surface area contributed by atoms with Crippen molar-refractivity contribution in [2.24, 2.45) is 7.05 Å². The van der Waals surface area contributed by atoms with E-state index >= 15 is 0 Å². The summed E-state index contributed by atoms with van der Waals surface area (Å²) in [5.74, 6) is 0.419. The highest BCUT2D eigenvalue weighted by atomic mass is 32.1. The zero-order valence-corrected chi connectivity index (χ0v) is 15.8. The number of nitrogens with zero attached hydrogens (tertiary/aromatic N) is 5. The van der Waals surface area contributed by atoms with Crippen molar-refractivity contribution in [1.29, 1.82) is 0 Å². The molecule has 140 valence electrons. The second-order valence-electron chi connectivity index (χ2n) is 5.86. The van der Waals surface area contributed by atoms with Crippen LogP contribution in [0.3, 0.4) is 0 Å². The molecule has 0 spiro atoms. The lowest BCUT2D eigenvalue weighted by atomic mass is 10.1. The molecule has 1 amide bonds. The maximum absolute atomic E-state index is 12.5. The molecule has 3 aromatic heterocycles. The summed E-state index contributed by atoms with van der Waals surface area (Å²) in [6.07, 6.45) is 8.47. The molecule has 0 saturated carbocycles. The van der Waals surface area contributed by atoms with E-state index in [1.54, 1.807) is 53.7 Å². The predicted octanol–water partition coefficient (Wildman–Crippen LogP) is 3.06. The Morgan fingerprint density at radius 3 is 2.68 bits per heavy atom. The summed E-state index contributed by atoms with van der Waals surface area (Å²) in [7, 11) is 1.84. The lowest BCUT2D eigenvalue weighted by molar-refractivity contribution is 0.0950. The largest absolute Gasteiger partial charge is 0.431 e. The standard InChI is InChI=1S/C19H16N6O2S/c1-25-12-14(10-24-25)17-16(20-6-7-21-17)11-23-18(26)13-2-4-15(5-3-13)27-19-22-8-9-28-19/h2-10,12H,11H2,1H3,(H,23,26). The number of hydrogen-bond donors (Lipinski definition) is 1. The van der Waals surface area contributed by atoms with Gasteiger partial charge in [-0.2, -0.15) is 5.10 Å². The first kappa shape index (κ1) is 17.8. The lowest BCUT2D eigenvalue weighted by Gasteiger charge is -2.08. The number of ether oxygens (including phenoxy) is 1. The minimum atomic E-state index is -0.205. The molecule has 0 aliphatic rings. The Morgan fingerprint density at radius 2 is 1.96 bits per heavy atom. The van der Waals surface area contributed by atoms with Gasteiger partial charge in [-0.05, 0) is 24.3 Å². The molecule has 0 aliphatic heterocycles. The number of carbonyl (C=O) groups is 1. The Bertz CT molecular complexity index is 1080. The van der Waals surface area contributed by atoms with Crippen LogP contribution >= 0.6 is 11.3 Å². The third-order valence-corrected chi connectivity index (χ3v) is 4.55. The van der Waals surface area contributed by atoms with Gasteiger partial charge in [0, 0.05) is 48.3 Å². The number of rotatable bonds is 6. The molecule has 1 aromatic carbocycles. The van der Waals surface area contributed by atoms with Gasteiger partial charge in [-0.25, -0.2) is 4.98 Å². The third kappa shape index (κ3) is 4.04. The molecule has 0 radical (unpaired) electrons. The van der Waals surface area contributed by atoms with Crippen LogP contribution in [0.25, 0.3) is 11.3 Å². The summed E-state index contributed by atoms with van der Waals surface area (Å²) >= 11 is 1.40. The molecular weight excluding hydrogens is 376 g/mol. The van der Waals surface area contributed by atoms with Gasteiger partial charge in [-0.1, -0.05) is 11.3 Å². The zero-order chi connectivity index (χ0) is 19.3. The van der Waals surface area contributed by atoms with Crippen LogP contribution in [-0.4, -0.2) is 30.6 Å². The van der Waals surface area contributed by atoms with Gasteiger partial charge in [-0.3, -0.25) is 19.4 Å². The number of benzene rings is 1. The summed E-state index contributed by atoms with van der Waals surface area (Å²) in [6, 6.07) is 6.88. The Kier molecular flexibility index (Phi) is 5.07. The fourth-order valence-corrected chi connectivity index (χ4v) is 3.09. The van der Waals surface area contributed by atoms with E-state index in [9.17, 15) is 4.79 Å². The molecule has 3 heterocycles. The van der Waals surface area contributed by atoms with Crippen molar-refractivity contribution in [1.82, 2.24) is 30.0 Å². The van der Waals surface area contributed by atoms with E-state index in [0.29, 0.717) is 27.9 Å². The summed E-state index contributed by atoms with van der Waals surface area (Å²) in [5, 5.41) is 9.43. The smallest absolute Gasteiger partial charge is 0.278 e. The van der Waals surface area contributed by atoms with Crippen LogP contribution in [0.15, 0.2) is 60.6 Å². The molecular formula is C19H16N6O2S. The number of thiazole rings is 1. The topological polar surface area (TPSA) is 94.8 Å². The van der Waals surface area contributed by atoms with E-state index in [-0.39, 0.29) is 12.5 Å². The van der Waals surface area contributed by atoms with Crippen LogP contribution in [0.2, 0.25) is 0 Å². The van der Waals surface area contributed by atoms with E-state index in [0.717, 1.165) is 5.56 Å². The molecule has 1 N–H and O–H groups in total. The molecule has 0 fully saturated rings. The van der Waals surface area contributed by atoms with E-state index in [1.165, 1.54) is 11.3 Å². The molecule has 8 nitrogen and oxygen atoms in total. The van der Waals surface area contributed by atoms with Crippen molar-refractivity contribution >= 4 is 17.2 Å². The summed E-state index contributed by atoms with van der Waals surface area (Å²) in [6.45, 7) is 0.258. The van der Waals surface area contributed by atoms with Gasteiger partial charge in [0.05, 0.1) is 24.1 Å². The van der Waals surface area contributed by atoms with Crippen molar-refractivity contribution in [2.75, 3.05) is 0 Å². The molecule has 0 atom stereocenters. The lowest BCUT2D eigenvalue weighted by Crippen LogP contribution is -2.23. The highest BCUT2D eigenvalue weighted by Crippen LogP contribution is 2.23. The SMILES string of the molecule is Cn1cc(-c2nccnc2CNC(=O)c2ccc(Oc3nccs3)cc2)cn1. The highest BCUT2D eigenvalue weighted by Gasteiger charge is 2.12. The Balaban J connectivity index is 1.42. The second-order valence-corrected chi connectivity index (χ2v) is 6.72. The maximum Gasteiger partial charge on any atom is 0.278 e. The van der Waals surface area contributed by atoms with Gasteiger partial charge in [0.2, 0.25) is 0 Å². The molecule has 0 aliphatic carbocycles. The van der Waals surface area contributed by atoms with Gasteiger partial charge in [0.1, 0.15) is 5.75 Å². The normalized spacial score (nSPS) is 10.6. The van der Waals surface area contributed by atoms with E-state index in [4.69, 9.17) is 4.74 Å². The van der Waals surface area contributed by atoms with Gasteiger partial charge >= 0.3 is 0 Å². The van der Waals surface area contributed by atoms with Crippen molar-refractivity contribution in [2.45, 2.75) is 6.54 Å². The first-order chi connectivity index (χ1) is 13.7. The first-order valence-corrected chi connectivity index (χ1v) is 9.31. The Hall–Kier alpha value is -3.59. The first-order valence-electron chi connectivity index (χ1n) is 8.43. The average molecular weight is 392 g/mol. The number of aryl methyl sites for hydroxylation is 1. The van der Waals surface area contributed by atoms with E-state index in [2.05, 4.69) is 25.4 Å². The number of amides is 1. The van der Waals surface area contributed by atoms with E-state index < -0.39 is 0 Å². The third-order valence-electron chi connectivity index (χ3n) is 3.90. The maximum atomic E-state index is 12.5. The highest BCUT2D eigenvalue weighted by molar-refractivity contribution is 7.11. The second kappa shape index (κ2) is 7.97. The van der Waals surface area contributed by atoms with Crippen LogP contribution in [0.1, 0.15) is 16.1 Å². The van der Waals surface area contributed by atoms with Gasteiger partial charge in [0.15, 0.2) is 0 Å². The van der Waals surface area contributed by atoms with Gasteiger partial charge < -0.3 is 10.1 Å². The molecule has 4 rings (SSSR count). The van der Waals surface area contributed by atoms with Crippen LogP contribution in [0, 0.1) is 0 Å². The fourth-order valence-electron chi connectivity index (χ4n) is 2.58. The summed E-state index contributed by atoms with van der Waals surface area (Å²) in [4.78, 5) is 25.3. The number of carbonyl (C=O) groups excluding carboxylic acids is 1. The van der Waals surface area contributed by atoms with Crippen molar-refractivity contribution in [3.05, 3.63) is 71.9 Å². The molecule has 4 aromatic rings. The molecule has 28 heavy (non-hydrogen) atoms.